The van der Waals surface area contributed by atoms with Crippen LogP contribution in [0.4, 0.5) is 0 Å². The molecule has 0 aliphatic heterocycles. The van der Waals surface area contributed by atoms with E-state index in [1.165, 1.54) is 38.5 Å². The van der Waals surface area contributed by atoms with Crippen molar-refractivity contribution in [2.45, 2.75) is 98.0 Å². The van der Waals surface area contributed by atoms with Crippen LogP contribution in [0.2, 0.25) is 0 Å². The molecule has 0 spiro atoms. The number of hydrogen-bond acceptors (Lipinski definition) is 7. The van der Waals surface area contributed by atoms with Gasteiger partial charge in [0.1, 0.15) is 22.8 Å². The summed E-state index contributed by atoms with van der Waals surface area (Å²) in [6.45, 7) is 8.29. The molecule has 7 heteroatoms. The fraction of sp³-hybridized carbons (Fsp3) is 0.629. The molecule has 5 aliphatic carbocycles. The number of ketones is 3. The van der Waals surface area contributed by atoms with E-state index in [2.05, 4.69) is 0 Å². The van der Waals surface area contributed by atoms with Gasteiger partial charge in [-0.25, -0.2) is 0 Å². The second-order valence-corrected chi connectivity index (χ2v) is 15.0. The number of fused-ring (bicyclic) bond motifs is 3. The zero-order valence-electron chi connectivity index (χ0n) is 25.4. The van der Waals surface area contributed by atoms with E-state index in [0.29, 0.717) is 12.3 Å². The topological polar surface area (TPSA) is 132 Å². The lowest BCUT2D eigenvalue weighted by atomic mass is 9.43. The number of rotatable bonds is 8. The van der Waals surface area contributed by atoms with Crippen molar-refractivity contribution >= 4 is 23.1 Å². The zero-order chi connectivity index (χ0) is 30.5. The van der Waals surface area contributed by atoms with Gasteiger partial charge in [-0.1, -0.05) is 59.4 Å². The number of phenols is 1. The lowest BCUT2D eigenvalue weighted by Gasteiger charge is -2.59. The molecule has 0 saturated heterocycles. The van der Waals surface area contributed by atoms with E-state index >= 15 is 0 Å². The minimum absolute atomic E-state index is 0.0683. The molecule has 5 aliphatic rings. The Hall–Kier alpha value is -2.93. The highest BCUT2D eigenvalue weighted by Crippen LogP contribution is 2.65. The van der Waals surface area contributed by atoms with Gasteiger partial charge in [0.15, 0.2) is 17.2 Å². The summed E-state index contributed by atoms with van der Waals surface area (Å²) in [5.74, 6) is -2.83. The molecule has 6 rings (SSSR count). The third-order valence-electron chi connectivity index (χ3n) is 11.2. The van der Waals surface area contributed by atoms with Crippen molar-refractivity contribution in [1.82, 2.24) is 0 Å². The van der Waals surface area contributed by atoms with Crippen LogP contribution in [0.3, 0.4) is 0 Å². The van der Waals surface area contributed by atoms with Gasteiger partial charge in [-0.2, -0.15) is 0 Å². The second kappa shape index (κ2) is 9.54. The molecule has 3 fully saturated rings. The van der Waals surface area contributed by atoms with Crippen molar-refractivity contribution in [3.05, 3.63) is 45.7 Å². The van der Waals surface area contributed by atoms with E-state index in [1.807, 2.05) is 26.8 Å². The maximum atomic E-state index is 14.5. The van der Waals surface area contributed by atoms with Gasteiger partial charge in [0, 0.05) is 22.3 Å². The molecule has 1 aromatic rings. The standard InChI is InChI=1S/C35H44O7/c1-17(2)27-29(38)25(18(3)36)31(40)35(42)32(41)28-30(39)26-23(15-33(28,4)16-34(27,35)5)22(10-11-24(26)37)14-21(12-19-6-7-19)13-20-8-9-20/h10-11,17,19-21,27,37,39-40,42H,6-9,12-16H2,1-5H3/t27?,33-,34-,35+/m1/s1. The largest absolute Gasteiger partial charge is 0.508 e. The molecule has 7 nitrogen and oxygen atoms in total. The Kier molecular flexibility index (Phi) is 6.62. The lowest BCUT2D eigenvalue weighted by Crippen LogP contribution is -2.69. The van der Waals surface area contributed by atoms with Crippen LogP contribution < -0.4 is 0 Å². The van der Waals surface area contributed by atoms with Gasteiger partial charge in [0.05, 0.1) is 5.56 Å². The van der Waals surface area contributed by atoms with Crippen molar-refractivity contribution in [3.63, 3.8) is 0 Å². The van der Waals surface area contributed by atoms with Crippen molar-refractivity contribution < 1.29 is 34.8 Å². The number of Topliss-reactive ketones (excluding diaryl/α,β-unsaturated/α-hetero) is 3. The van der Waals surface area contributed by atoms with Gasteiger partial charge in [0.2, 0.25) is 5.78 Å². The highest BCUT2D eigenvalue weighted by Gasteiger charge is 2.72. The Morgan fingerprint density at radius 2 is 1.60 bits per heavy atom. The normalized spacial score (nSPS) is 32.8. The molecule has 3 saturated carbocycles. The molecule has 4 atom stereocenters. The summed E-state index contributed by atoms with van der Waals surface area (Å²) in [6, 6.07) is 3.52. The number of benzene rings is 1. The van der Waals surface area contributed by atoms with Crippen LogP contribution in [0.15, 0.2) is 29.0 Å². The Morgan fingerprint density at radius 1 is 1.00 bits per heavy atom. The number of phenolic OH excluding ortho intramolecular Hbond substituents is 1. The molecule has 42 heavy (non-hydrogen) atoms. The Balaban J connectivity index is 1.50. The van der Waals surface area contributed by atoms with E-state index in [0.717, 1.165) is 36.3 Å². The van der Waals surface area contributed by atoms with Crippen LogP contribution in [0.25, 0.3) is 5.76 Å². The minimum atomic E-state index is -2.58. The molecule has 0 aromatic heterocycles. The molecule has 1 unspecified atom stereocenters. The van der Waals surface area contributed by atoms with Crippen LogP contribution in [0, 0.1) is 40.4 Å². The molecule has 1 aromatic carbocycles. The first-order valence-electron chi connectivity index (χ1n) is 15.7. The predicted molar refractivity (Wildman–Crippen MR) is 158 cm³/mol. The lowest BCUT2D eigenvalue weighted by molar-refractivity contribution is -0.178. The molecule has 0 heterocycles. The first-order valence-corrected chi connectivity index (χ1v) is 15.7. The number of aliphatic hydroxyl groups excluding tert-OH is 2. The fourth-order valence-corrected chi connectivity index (χ4v) is 9.19. The zero-order valence-corrected chi connectivity index (χ0v) is 25.4. The number of aromatic hydroxyl groups is 1. The highest BCUT2D eigenvalue weighted by atomic mass is 16.3. The maximum Gasteiger partial charge on any atom is 0.203 e. The number of aliphatic hydroxyl groups is 3. The van der Waals surface area contributed by atoms with Gasteiger partial charge in [-0.15, -0.1) is 0 Å². The molecular weight excluding hydrogens is 532 g/mol. The second-order valence-electron chi connectivity index (χ2n) is 15.0. The van der Waals surface area contributed by atoms with Crippen LogP contribution in [0.1, 0.15) is 96.3 Å². The van der Waals surface area contributed by atoms with Crippen molar-refractivity contribution in [1.29, 1.82) is 0 Å². The fourth-order valence-electron chi connectivity index (χ4n) is 9.19. The Labute approximate surface area is 247 Å². The average molecular weight is 577 g/mol. The maximum absolute atomic E-state index is 14.5. The van der Waals surface area contributed by atoms with E-state index in [4.69, 9.17) is 0 Å². The van der Waals surface area contributed by atoms with E-state index in [-0.39, 0.29) is 29.2 Å². The van der Waals surface area contributed by atoms with E-state index < -0.39 is 56.8 Å². The summed E-state index contributed by atoms with van der Waals surface area (Å²) >= 11 is 0. The van der Waals surface area contributed by atoms with Gasteiger partial charge >= 0.3 is 0 Å². The molecule has 0 bridgehead atoms. The van der Waals surface area contributed by atoms with E-state index in [1.54, 1.807) is 13.0 Å². The van der Waals surface area contributed by atoms with Gasteiger partial charge in [0.25, 0.3) is 0 Å². The number of carbonyl (C=O) groups excluding carboxylic acids is 3. The van der Waals surface area contributed by atoms with Crippen LogP contribution in [-0.2, 0) is 27.2 Å². The smallest absolute Gasteiger partial charge is 0.203 e. The third kappa shape index (κ3) is 4.13. The Morgan fingerprint density at radius 3 is 2.12 bits per heavy atom. The molecule has 0 amide bonds. The summed E-state index contributed by atoms with van der Waals surface area (Å²) in [5, 5.41) is 46.3. The van der Waals surface area contributed by atoms with Gasteiger partial charge in [-0.05, 0) is 79.9 Å². The van der Waals surface area contributed by atoms with Crippen molar-refractivity contribution in [2.75, 3.05) is 0 Å². The SMILES string of the molecule is CC(=O)C1=C(O)[C@]2(O)C(=O)C3=C(O)c4c(O)ccc(CC(CC5CC5)CC5CC5)c4C[C@]3(C)C[C@]2(C)C(C(C)C)C1=O. The highest BCUT2D eigenvalue weighted by molar-refractivity contribution is 6.24. The van der Waals surface area contributed by atoms with Crippen LogP contribution in [0.5, 0.6) is 5.75 Å². The summed E-state index contributed by atoms with van der Waals surface area (Å²) in [7, 11) is 0. The Bertz CT molecular complexity index is 1440. The summed E-state index contributed by atoms with van der Waals surface area (Å²) in [5.41, 5.74) is -3.55. The monoisotopic (exact) mass is 576 g/mol. The molecular formula is C35H44O7. The molecule has 0 radical (unpaired) electrons. The third-order valence-corrected chi connectivity index (χ3v) is 11.2. The van der Waals surface area contributed by atoms with Gasteiger partial charge < -0.3 is 20.4 Å². The molecule has 226 valence electrons. The van der Waals surface area contributed by atoms with Crippen molar-refractivity contribution in [2.24, 2.45) is 40.4 Å². The first kappa shape index (κ1) is 29.2. The van der Waals surface area contributed by atoms with E-state index in [9.17, 15) is 34.8 Å². The van der Waals surface area contributed by atoms with Gasteiger partial charge in [-0.3, -0.25) is 14.4 Å². The number of allylic oxidation sites excluding steroid dienone is 1. The predicted octanol–water partition coefficient (Wildman–Crippen LogP) is 5.95. The summed E-state index contributed by atoms with van der Waals surface area (Å²) in [6.07, 6.45) is 8.79. The first-order chi connectivity index (χ1) is 19.6. The number of carbonyl (C=O) groups is 3. The average Bonchev–Trinajstić information content (AvgIpc) is 3.80. The summed E-state index contributed by atoms with van der Waals surface area (Å²) in [4.78, 5) is 40.7. The summed E-state index contributed by atoms with van der Waals surface area (Å²) < 4.78 is 0. The van der Waals surface area contributed by atoms with Crippen LogP contribution in [-0.4, -0.2) is 43.4 Å². The quantitative estimate of drug-likeness (QED) is 0.281. The van der Waals surface area contributed by atoms with Crippen molar-refractivity contribution in [3.8, 4) is 5.75 Å². The molecule has 4 N–H and O–H groups in total. The number of hydrogen-bond donors (Lipinski definition) is 4. The van der Waals surface area contributed by atoms with Crippen LogP contribution >= 0.6 is 0 Å². The minimum Gasteiger partial charge on any atom is -0.508 e.